The van der Waals surface area contributed by atoms with Crippen molar-refractivity contribution >= 4 is 22.8 Å². The minimum Gasteiger partial charge on any atom is -0.356 e. The number of nitrogens with zero attached hydrogens (tertiary/aromatic N) is 7. The van der Waals surface area contributed by atoms with Gasteiger partial charge in [0.05, 0.1) is 18.0 Å². The van der Waals surface area contributed by atoms with Crippen molar-refractivity contribution in [3.8, 4) is 0 Å². The molecule has 3 aromatic heterocycles. The Bertz CT molecular complexity index is 1110. The van der Waals surface area contributed by atoms with E-state index in [9.17, 15) is 22.0 Å². The van der Waals surface area contributed by atoms with Crippen LogP contribution in [0.2, 0.25) is 0 Å². The van der Waals surface area contributed by atoms with Crippen LogP contribution >= 0.6 is 0 Å². The molecular weight excluding hydrogens is 433 g/mol. The van der Waals surface area contributed by atoms with E-state index in [1.165, 1.54) is 18.5 Å². The molecule has 0 aliphatic carbocycles. The van der Waals surface area contributed by atoms with E-state index in [1.54, 1.807) is 11.1 Å². The Morgan fingerprint density at radius 1 is 1.03 bits per heavy atom. The van der Waals surface area contributed by atoms with Crippen molar-refractivity contribution in [2.24, 2.45) is 5.41 Å². The van der Waals surface area contributed by atoms with Gasteiger partial charge in [-0.05, 0) is 25.0 Å². The third-order valence-electron chi connectivity index (χ3n) is 6.24. The lowest BCUT2D eigenvalue weighted by Crippen LogP contribution is -2.61. The van der Waals surface area contributed by atoms with Crippen molar-refractivity contribution in [3.05, 3.63) is 36.3 Å². The van der Waals surface area contributed by atoms with Gasteiger partial charge in [0.1, 0.15) is 23.7 Å². The maximum absolute atomic E-state index is 13.3. The Balaban J connectivity index is 1.26. The summed E-state index contributed by atoms with van der Waals surface area (Å²) in [5, 5.41) is 3.93. The number of alkyl halides is 5. The minimum absolute atomic E-state index is 0.0104. The Hall–Kier alpha value is -3.05. The molecule has 2 saturated heterocycles. The van der Waals surface area contributed by atoms with Crippen LogP contribution in [0.1, 0.15) is 18.4 Å². The lowest BCUT2D eigenvalue weighted by Gasteiger charge is -2.54. The predicted molar refractivity (Wildman–Crippen MR) is 107 cm³/mol. The fourth-order valence-electron chi connectivity index (χ4n) is 4.56. The highest BCUT2D eigenvalue weighted by Crippen LogP contribution is 2.44. The molecule has 3 aromatic rings. The molecular formula is C20H20F5N7. The molecule has 0 atom stereocenters. The standard InChI is InChI=1S/C20H20F5N7/c21-15(22)10-32-18-14(8-28-32)27-9-16(29-18)31-11-19(12-31)3-6-30(7-4-19)17-13(20(23,24)25)2-1-5-26-17/h1-2,5,8-9,15H,3-4,6-7,10-12H2. The lowest BCUT2D eigenvalue weighted by molar-refractivity contribution is -0.137. The first kappa shape index (κ1) is 20.8. The van der Waals surface area contributed by atoms with E-state index in [1.807, 2.05) is 4.90 Å². The molecule has 5 heterocycles. The van der Waals surface area contributed by atoms with Crippen LogP contribution in [-0.2, 0) is 12.7 Å². The zero-order valence-electron chi connectivity index (χ0n) is 16.9. The SMILES string of the molecule is FC(F)Cn1ncc2ncc(N3CC4(CCN(c5ncccc5C(F)(F)F)CC4)C3)nc21. The second-order valence-corrected chi connectivity index (χ2v) is 8.37. The van der Waals surface area contributed by atoms with Crippen LogP contribution in [0.3, 0.4) is 0 Å². The summed E-state index contributed by atoms with van der Waals surface area (Å²) in [6, 6.07) is 2.36. The summed E-state index contributed by atoms with van der Waals surface area (Å²) in [6.07, 6.45) is -1.13. The number of aromatic nitrogens is 5. The molecule has 0 bridgehead atoms. The molecule has 1 spiro atoms. The zero-order chi connectivity index (χ0) is 22.5. The Labute approximate surface area is 179 Å². The molecule has 5 rings (SSSR count). The van der Waals surface area contributed by atoms with Gasteiger partial charge in [-0.15, -0.1) is 0 Å². The maximum Gasteiger partial charge on any atom is 0.419 e. The first-order chi connectivity index (χ1) is 15.2. The van der Waals surface area contributed by atoms with Gasteiger partial charge in [0, 0.05) is 37.8 Å². The van der Waals surface area contributed by atoms with E-state index in [2.05, 4.69) is 20.1 Å². The molecule has 7 nitrogen and oxygen atoms in total. The number of rotatable bonds is 4. The normalized spacial score (nSPS) is 18.6. The number of anilines is 2. The first-order valence-corrected chi connectivity index (χ1v) is 10.2. The first-order valence-electron chi connectivity index (χ1n) is 10.2. The van der Waals surface area contributed by atoms with Gasteiger partial charge in [-0.3, -0.25) is 0 Å². The van der Waals surface area contributed by atoms with Gasteiger partial charge in [-0.2, -0.15) is 18.3 Å². The molecule has 0 radical (unpaired) electrons. The number of halogens is 5. The van der Waals surface area contributed by atoms with Crippen LogP contribution in [0.5, 0.6) is 0 Å². The molecule has 2 aliphatic rings. The third kappa shape index (κ3) is 3.71. The average Bonchev–Trinajstić information content (AvgIpc) is 3.13. The highest BCUT2D eigenvalue weighted by Gasteiger charge is 2.46. The van der Waals surface area contributed by atoms with Crippen LogP contribution in [0.15, 0.2) is 30.7 Å². The highest BCUT2D eigenvalue weighted by atomic mass is 19.4. The largest absolute Gasteiger partial charge is 0.419 e. The van der Waals surface area contributed by atoms with E-state index in [0.717, 1.165) is 23.6 Å². The van der Waals surface area contributed by atoms with Crippen molar-refractivity contribution in [2.75, 3.05) is 36.0 Å². The Kier molecular flexibility index (Phi) is 4.90. The van der Waals surface area contributed by atoms with Crippen molar-refractivity contribution in [2.45, 2.75) is 32.0 Å². The van der Waals surface area contributed by atoms with Gasteiger partial charge in [0.25, 0.3) is 6.43 Å². The molecule has 0 unspecified atom stereocenters. The fourth-order valence-corrected chi connectivity index (χ4v) is 4.56. The minimum atomic E-state index is -4.44. The van der Waals surface area contributed by atoms with Gasteiger partial charge in [-0.25, -0.2) is 28.4 Å². The average molecular weight is 453 g/mol. The van der Waals surface area contributed by atoms with Crippen LogP contribution < -0.4 is 9.80 Å². The van der Waals surface area contributed by atoms with Gasteiger partial charge >= 0.3 is 6.18 Å². The summed E-state index contributed by atoms with van der Waals surface area (Å²) in [5.74, 6) is 0.570. The second kappa shape index (κ2) is 7.52. The van der Waals surface area contributed by atoms with Gasteiger partial charge in [0.15, 0.2) is 5.65 Å². The van der Waals surface area contributed by atoms with Crippen molar-refractivity contribution in [1.82, 2.24) is 24.7 Å². The van der Waals surface area contributed by atoms with Crippen LogP contribution in [0.4, 0.5) is 33.6 Å². The molecule has 2 fully saturated rings. The number of pyridine rings is 1. The van der Waals surface area contributed by atoms with E-state index in [0.29, 0.717) is 43.2 Å². The van der Waals surface area contributed by atoms with Crippen molar-refractivity contribution in [1.29, 1.82) is 0 Å². The zero-order valence-corrected chi connectivity index (χ0v) is 16.9. The summed E-state index contributed by atoms with van der Waals surface area (Å²) in [7, 11) is 0. The smallest absolute Gasteiger partial charge is 0.356 e. The molecule has 12 heteroatoms. The van der Waals surface area contributed by atoms with Gasteiger partial charge in [-0.1, -0.05) is 0 Å². The van der Waals surface area contributed by atoms with Crippen LogP contribution in [0, 0.1) is 5.41 Å². The Morgan fingerprint density at radius 2 is 1.78 bits per heavy atom. The number of fused-ring (bicyclic) bond motifs is 1. The second-order valence-electron chi connectivity index (χ2n) is 8.37. The number of hydrogen-bond acceptors (Lipinski definition) is 6. The quantitative estimate of drug-likeness (QED) is 0.563. The van der Waals surface area contributed by atoms with Crippen molar-refractivity contribution in [3.63, 3.8) is 0 Å². The van der Waals surface area contributed by atoms with E-state index in [-0.39, 0.29) is 11.2 Å². The van der Waals surface area contributed by atoms with Crippen LogP contribution in [0.25, 0.3) is 11.2 Å². The highest BCUT2D eigenvalue weighted by molar-refractivity contribution is 5.71. The predicted octanol–water partition coefficient (Wildman–Crippen LogP) is 3.61. The van der Waals surface area contributed by atoms with Crippen LogP contribution in [-0.4, -0.2) is 57.3 Å². The van der Waals surface area contributed by atoms with E-state index in [4.69, 9.17) is 0 Å². The molecule has 0 aromatic carbocycles. The van der Waals surface area contributed by atoms with E-state index >= 15 is 0 Å². The summed E-state index contributed by atoms with van der Waals surface area (Å²) in [6.45, 7) is 1.81. The molecule has 170 valence electrons. The topological polar surface area (TPSA) is 63.0 Å². The molecule has 32 heavy (non-hydrogen) atoms. The maximum atomic E-state index is 13.3. The monoisotopic (exact) mass is 453 g/mol. The third-order valence-corrected chi connectivity index (χ3v) is 6.24. The Morgan fingerprint density at radius 3 is 2.47 bits per heavy atom. The van der Waals surface area contributed by atoms with Gasteiger partial charge < -0.3 is 9.80 Å². The summed E-state index contributed by atoms with van der Waals surface area (Å²) in [4.78, 5) is 16.5. The summed E-state index contributed by atoms with van der Waals surface area (Å²) >= 11 is 0. The summed E-state index contributed by atoms with van der Waals surface area (Å²) in [5.41, 5.74) is 0.0427. The van der Waals surface area contributed by atoms with Gasteiger partial charge in [0.2, 0.25) is 0 Å². The number of piperidine rings is 1. The molecule has 2 aliphatic heterocycles. The lowest BCUT2D eigenvalue weighted by atomic mass is 9.72. The summed E-state index contributed by atoms with van der Waals surface area (Å²) < 4.78 is 66.6. The number of hydrogen-bond donors (Lipinski definition) is 0. The van der Waals surface area contributed by atoms with Crippen molar-refractivity contribution < 1.29 is 22.0 Å². The van der Waals surface area contributed by atoms with E-state index < -0.39 is 24.7 Å². The molecule has 0 amide bonds. The fraction of sp³-hybridized carbons (Fsp3) is 0.500. The molecule has 0 N–H and O–H groups in total. The molecule has 0 saturated carbocycles.